The first-order chi connectivity index (χ1) is 7.50. The van der Waals surface area contributed by atoms with Crippen LogP contribution in [0.5, 0.6) is 0 Å². The fraction of sp³-hybridized carbons (Fsp3) is 0.625. The second-order valence-corrected chi connectivity index (χ2v) is 3.09. The van der Waals surface area contributed by atoms with Gasteiger partial charge < -0.3 is 9.57 Å². The van der Waals surface area contributed by atoms with Gasteiger partial charge in [-0.15, -0.1) is 0 Å². The summed E-state index contributed by atoms with van der Waals surface area (Å²) in [5, 5.41) is 0. The third-order valence-corrected chi connectivity index (χ3v) is 2.00. The number of nitrogens with zero attached hydrogens (tertiary/aromatic N) is 3. The molecule has 1 heterocycles. The van der Waals surface area contributed by atoms with Crippen LogP contribution in [0.2, 0.25) is 0 Å². The van der Waals surface area contributed by atoms with Gasteiger partial charge in [0.05, 0.1) is 6.61 Å². The van der Waals surface area contributed by atoms with Crippen molar-refractivity contribution in [3.8, 4) is 0 Å². The average molecular weight is 231 g/mol. The second kappa shape index (κ2) is 4.79. The van der Waals surface area contributed by atoms with Crippen molar-refractivity contribution in [2.24, 2.45) is 14.1 Å². The van der Waals surface area contributed by atoms with Crippen LogP contribution in [0.3, 0.4) is 0 Å². The predicted octanol–water partition coefficient (Wildman–Crippen LogP) is -2.68. The zero-order valence-corrected chi connectivity index (χ0v) is 9.30. The maximum Gasteiger partial charge on any atom is 0.369 e. The number of ether oxygens (including phenoxy) is 1. The zero-order chi connectivity index (χ0) is 12.3. The second-order valence-electron chi connectivity index (χ2n) is 3.09. The average Bonchev–Trinajstić information content (AvgIpc) is 2.28. The van der Waals surface area contributed by atoms with Crippen molar-refractivity contribution in [3.63, 3.8) is 0 Å². The van der Waals surface area contributed by atoms with Crippen LogP contribution < -0.4 is 21.9 Å². The van der Waals surface area contributed by atoms with E-state index in [0.717, 1.165) is 9.13 Å². The summed E-state index contributed by atoms with van der Waals surface area (Å²) in [6, 6.07) is 0. The molecule has 0 aliphatic carbocycles. The third kappa shape index (κ3) is 2.06. The van der Waals surface area contributed by atoms with E-state index in [1.165, 1.54) is 21.2 Å². The third-order valence-electron chi connectivity index (χ3n) is 2.00. The first kappa shape index (κ1) is 12.2. The molecule has 0 N–H and O–H groups in total. The van der Waals surface area contributed by atoms with Gasteiger partial charge in [-0.3, -0.25) is 0 Å². The molecule has 0 amide bonds. The molecule has 0 aliphatic heterocycles. The minimum atomic E-state index is -0.816. The molecule has 0 aromatic carbocycles. The summed E-state index contributed by atoms with van der Waals surface area (Å²) in [4.78, 5) is 39.2. The highest BCUT2D eigenvalue weighted by atomic mass is 16.7. The van der Waals surface area contributed by atoms with E-state index < -0.39 is 17.1 Å². The van der Waals surface area contributed by atoms with Crippen LogP contribution >= 0.6 is 0 Å². The number of methoxy groups -OCH3 is 1. The van der Waals surface area contributed by atoms with Gasteiger partial charge in [0.15, 0.2) is 0 Å². The molecule has 90 valence electrons. The molecule has 8 heteroatoms. The van der Waals surface area contributed by atoms with E-state index in [-0.39, 0.29) is 13.2 Å². The van der Waals surface area contributed by atoms with E-state index in [9.17, 15) is 14.4 Å². The first-order valence-electron chi connectivity index (χ1n) is 4.52. The maximum absolute atomic E-state index is 11.5. The molecule has 0 radical (unpaired) electrons. The standard InChI is InChI=1S/C8H13N3O5/c1-9-6(12)10(2)8(14)11(7(9)13)16-5-4-15-3/h4-5H2,1-3H3. The van der Waals surface area contributed by atoms with Gasteiger partial charge in [0.1, 0.15) is 6.61 Å². The highest BCUT2D eigenvalue weighted by Crippen LogP contribution is 1.68. The van der Waals surface area contributed by atoms with Crippen LogP contribution in [0.15, 0.2) is 14.4 Å². The van der Waals surface area contributed by atoms with E-state index in [0.29, 0.717) is 4.73 Å². The van der Waals surface area contributed by atoms with Gasteiger partial charge in [-0.2, -0.15) is 0 Å². The normalized spacial score (nSPS) is 10.4. The smallest absolute Gasteiger partial charge is 0.369 e. The van der Waals surface area contributed by atoms with Crippen LogP contribution in [0.4, 0.5) is 0 Å². The molecular formula is C8H13N3O5. The molecule has 0 bridgehead atoms. The van der Waals surface area contributed by atoms with Crippen LogP contribution in [0, 0.1) is 0 Å². The molecule has 0 aliphatic rings. The summed E-state index contributed by atoms with van der Waals surface area (Å²) in [7, 11) is 3.99. The first-order valence-corrected chi connectivity index (χ1v) is 4.52. The summed E-state index contributed by atoms with van der Waals surface area (Å²) in [5.74, 6) is 0. The summed E-state index contributed by atoms with van der Waals surface area (Å²) in [6.45, 7) is 0.280. The Hall–Kier alpha value is -1.83. The maximum atomic E-state index is 11.5. The fourth-order valence-electron chi connectivity index (χ4n) is 1.07. The minimum Gasteiger partial charge on any atom is -0.402 e. The Morgan fingerprint density at radius 3 is 1.88 bits per heavy atom. The predicted molar refractivity (Wildman–Crippen MR) is 54.5 cm³/mol. The Labute approximate surface area is 90.2 Å². The Morgan fingerprint density at radius 1 is 0.938 bits per heavy atom. The van der Waals surface area contributed by atoms with Crippen LogP contribution in [-0.4, -0.2) is 34.2 Å². The molecule has 0 atom stereocenters. The van der Waals surface area contributed by atoms with Crippen LogP contribution in [0.1, 0.15) is 0 Å². The SMILES string of the molecule is COCCOn1c(=O)n(C)c(=O)n(C)c1=O. The van der Waals surface area contributed by atoms with E-state index in [2.05, 4.69) is 0 Å². The Morgan fingerprint density at radius 2 is 1.44 bits per heavy atom. The van der Waals surface area contributed by atoms with Gasteiger partial charge in [-0.25, -0.2) is 23.5 Å². The summed E-state index contributed by atoms with van der Waals surface area (Å²) in [6.07, 6.45) is 0. The topological polar surface area (TPSA) is 84.5 Å². The van der Waals surface area contributed by atoms with Crippen molar-refractivity contribution in [2.45, 2.75) is 0 Å². The summed E-state index contributed by atoms with van der Waals surface area (Å²) < 4.78 is 6.81. The van der Waals surface area contributed by atoms with Crippen molar-refractivity contribution in [3.05, 3.63) is 31.5 Å². The molecule has 1 rings (SSSR count). The van der Waals surface area contributed by atoms with Crippen molar-refractivity contribution in [2.75, 3.05) is 20.3 Å². The lowest BCUT2D eigenvalue weighted by molar-refractivity contribution is 0.0389. The number of aromatic nitrogens is 3. The Balaban J connectivity index is 3.25. The van der Waals surface area contributed by atoms with Crippen LogP contribution in [0.25, 0.3) is 0 Å². The molecule has 8 nitrogen and oxygen atoms in total. The lowest BCUT2D eigenvalue weighted by Gasteiger charge is -2.09. The highest BCUT2D eigenvalue weighted by molar-refractivity contribution is 4.72. The zero-order valence-electron chi connectivity index (χ0n) is 9.30. The molecule has 0 saturated heterocycles. The molecule has 0 spiro atoms. The monoisotopic (exact) mass is 231 g/mol. The summed E-state index contributed by atoms with van der Waals surface area (Å²) >= 11 is 0. The fourth-order valence-corrected chi connectivity index (χ4v) is 1.07. The van der Waals surface area contributed by atoms with Crippen LogP contribution in [-0.2, 0) is 18.8 Å². The van der Waals surface area contributed by atoms with Gasteiger partial charge >= 0.3 is 17.1 Å². The van der Waals surface area contributed by atoms with Gasteiger partial charge in [0.2, 0.25) is 0 Å². The molecule has 0 fully saturated rings. The quantitative estimate of drug-likeness (QED) is 0.527. The minimum absolute atomic E-state index is 0.0455. The number of hydrogen-bond donors (Lipinski definition) is 0. The van der Waals surface area contributed by atoms with E-state index >= 15 is 0 Å². The lowest BCUT2D eigenvalue weighted by Crippen LogP contribution is -2.55. The lowest BCUT2D eigenvalue weighted by atomic mass is 10.8. The van der Waals surface area contributed by atoms with Crippen molar-refractivity contribution >= 4 is 0 Å². The van der Waals surface area contributed by atoms with E-state index in [4.69, 9.17) is 9.57 Å². The van der Waals surface area contributed by atoms with Gasteiger partial charge in [-0.1, -0.05) is 4.73 Å². The molecule has 1 aromatic heterocycles. The van der Waals surface area contributed by atoms with Crippen molar-refractivity contribution in [1.29, 1.82) is 0 Å². The molecule has 0 unspecified atom stereocenters. The summed E-state index contributed by atoms with van der Waals surface area (Å²) in [5.41, 5.74) is -2.32. The van der Waals surface area contributed by atoms with Gasteiger partial charge in [-0.05, 0) is 0 Å². The number of rotatable bonds is 4. The van der Waals surface area contributed by atoms with E-state index in [1.54, 1.807) is 0 Å². The van der Waals surface area contributed by atoms with Gasteiger partial charge in [0, 0.05) is 21.2 Å². The highest BCUT2D eigenvalue weighted by Gasteiger charge is 2.10. The Bertz CT molecular complexity index is 498. The number of hydrogen-bond acceptors (Lipinski definition) is 5. The Kier molecular flexibility index (Phi) is 3.67. The molecular weight excluding hydrogens is 218 g/mol. The van der Waals surface area contributed by atoms with Gasteiger partial charge in [0.25, 0.3) is 0 Å². The van der Waals surface area contributed by atoms with Crippen molar-refractivity contribution in [1.82, 2.24) is 13.9 Å². The largest absolute Gasteiger partial charge is 0.402 e. The molecule has 1 aromatic rings. The van der Waals surface area contributed by atoms with E-state index in [1.807, 2.05) is 0 Å². The molecule has 0 saturated carbocycles. The molecule has 16 heavy (non-hydrogen) atoms. The van der Waals surface area contributed by atoms with Crippen molar-refractivity contribution < 1.29 is 9.57 Å².